The van der Waals surface area contributed by atoms with E-state index in [2.05, 4.69) is 38.1 Å². The van der Waals surface area contributed by atoms with E-state index in [1.807, 2.05) is 18.3 Å². The standard InChI is InChI=1S/C17H21N5S/c1-11-9-12(2)22(21-11)8-4-7-18-16-15-13-5-3-6-14(13)23-17(15)20-10-19-16/h9-10H,3-8H2,1-2H3,(H,18,19,20). The molecule has 0 saturated heterocycles. The first-order valence-electron chi connectivity index (χ1n) is 8.22. The average molecular weight is 327 g/mol. The lowest BCUT2D eigenvalue weighted by Crippen LogP contribution is -2.10. The Morgan fingerprint density at radius 1 is 1.26 bits per heavy atom. The van der Waals surface area contributed by atoms with Gasteiger partial charge in [0.2, 0.25) is 0 Å². The predicted molar refractivity (Wildman–Crippen MR) is 94.2 cm³/mol. The monoisotopic (exact) mass is 327 g/mol. The lowest BCUT2D eigenvalue weighted by Gasteiger charge is -2.08. The third kappa shape index (κ3) is 2.72. The van der Waals surface area contributed by atoms with E-state index in [9.17, 15) is 0 Å². The number of rotatable bonds is 5. The first kappa shape index (κ1) is 14.6. The van der Waals surface area contributed by atoms with Crippen molar-refractivity contribution in [2.45, 2.75) is 46.1 Å². The van der Waals surface area contributed by atoms with E-state index in [-0.39, 0.29) is 0 Å². The number of hydrogen-bond acceptors (Lipinski definition) is 5. The van der Waals surface area contributed by atoms with E-state index in [4.69, 9.17) is 0 Å². The fourth-order valence-corrected chi connectivity index (χ4v) is 4.63. The van der Waals surface area contributed by atoms with Crippen LogP contribution in [0.3, 0.4) is 0 Å². The predicted octanol–water partition coefficient (Wildman–Crippen LogP) is 3.50. The Balaban J connectivity index is 1.45. The van der Waals surface area contributed by atoms with Gasteiger partial charge in [-0.2, -0.15) is 5.10 Å². The van der Waals surface area contributed by atoms with Gasteiger partial charge in [0.1, 0.15) is 17.0 Å². The third-order valence-corrected chi connectivity index (χ3v) is 5.64. The Morgan fingerprint density at radius 2 is 2.17 bits per heavy atom. The van der Waals surface area contributed by atoms with E-state index >= 15 is 0 Å². The first-order valence-corrected chi connectivity index (χ1v) is 9.04. The van der Waals surface area contributed by atoms with Crippen molar-refractivity contribution in [3.63, 3.8) is 0 Å². The number of fused-ring (bicyclic) bond motifs is 3. The van der Waals surface area contributed by atoms with Crippen LogP contribution in [0.4, 0.5) is 5.82 Å². The zero-order chi connectivity index (χ0) is 15.8. The lowest BCUT2D eigenvalue weighted by atomic mass is 10.2. The summed E-state index contributed by atoms with van der Waals surface area (Å²) < 4.78 is 2.08. The number of aryl methyl sites for hydroxylation is 5. The maximum atomic E-state index is 4.51. The topological polar surface area (TPSA) is 55.6 Å². The van der Waals surface area contributed by atoms with Crippen LogP contribution in [0.5, 0.6) is 0 Å². The van der Waals surface area contributed by atoms with E-state index in [1.165, 1.54) is 40.8 Å². The van der Waals surface area contributed by atoms with Gasteiger partial charge in [0.25, 0.3) is 0 Å². The number of nitrogens with one attached hydrogen (secondary N) is 1. The third-order valence-electron chi connectivity index (χ3n) is 4.44. The molecule has 5 nitrogen and oxygen atoms in total. The van der Waals surface area contributed by atoms with Crippen molar-refractivity contribution < 1.29 is 0 Å². The van der Waals surface area contributed by atoms with Crippen LogP contribution < -0.4 is 5.32 Å². The summed E-state index contributed by atoms with van der Waals surface area (Å²) in [5.41, 5.74) is 3.79. The van der Waals surface area contributed by atoms with Crippen molar-refractivity contribution in [1.82, 2.24) is 19.7 Å². The quantitative estimate of drug-likeness (QED) is 0.729. The largest absolute Gasteiger partial charge is 0.369 e. The molecule has 0 aromatic carbocycles. The molecule has 3 aromatic rings. The SMILES string of the molecule is Cc1cc(C)n(CCCNc2ncnc3sc4c(c23)CCC4)n1. The molecule has 1 aliphatic carbocycles. The lowest BCUT2D eigenvalue weighted by molar-refractivity contribution is 0.573. The van der Waals surface area contributed by atoms with Gasteiger partial charge in [-0.05, 0) is 51.2 Å². The van der Waals surface area contributed by atoms with E-state index in [1.54, 1.807) is 6.33 Å². The molecule has 0 fully saturated rings. The summed E-state index contributed by atoms with van der Waals surface area (Å²) in [6.07, 6.45) is 6.34. The van der Waals surface area contributed by atoms with Crippen LogP contribution in [0.15, 0.2) is 12.4 Å². The van der Waals surface area contributed by atoms with Crippen LogP contribution in [-0.4, -0.2) is 26.3 Å². The molecule has 3 heterocycles. The van der Waals surface area contributed by atoms with Crippen LogP contribution in [0, 0.1) is 13.8 Å². The van der Waals surface area contributed by atoms with Gasteiger partial charge in [0, 0.05) is 23.7 Å². The Morgan fingerprint density at radius 3 is 3.00 bits per heavy atom. The molecule has 0 amide bonds. The highest BCUT2D eigenvalue weighted by Gasteiger charge is 2.20. The molecular formula is C17H21N5S. The van der Waals surface area contributed by atoms with Crippen molar-refractivity contribution in [2.75, 3.05) is 11.9 Å². The number of aromatic nitrogens is 4. The van der Waals surface area contributed by atoms with Crippen LogP contribution >= 0.6 is 11.3 Å². The summed E-state index contributed by atoms with van der Waals surface area (Å²) >= 11 is 1.84. The molecule has 0 bridgehead atoms. The summed E-state index contributed by atoms with van der Waals surface area (Å²) in [5.74, 6) is 1.00. The summed E-state index contributed by atoms with van der Waals surface area (Å²) in [5, 5.41) is 9.28. The zero-order valence-electron chi connectivity index (χ0n) is 13.6. The van der Waals surface area contributed by atoms with Gasteiger partial charge in [-0.25, -0.2) is 9.97 Å². The Hall–Kier alpha value is -1.95. The minimum atomic E-state index is 0.898. The Kier molecular flexibility index (Phi) is 3.77. The van der Waals surface area contributed by atoms with Crippen molar-refractivity contribution in [2.24, 2.45) is 0 Å². The molecule has 0 saturated carbocycles. The molecule has 0 radical (unpaired) electrons. The second-order valence-corrected chi connectivity index (χ2v) is 7.27. The highest BCUT2D eigenvalue weighted by molar-refractivity contribution is 7.19. The van der Waals surface area contributed by atoms with Gasteiger partial charge >= 0.3 is 0 Å². The van der Waals surface area contributed by atoms with Crippen LogP contribution in [-0.2, 0) is 19.4 Å². The molecule has 120 valence electrons. The highest BCUT2D eigenvalue weighted by Crippen LogP contribution is 2.38. The molecule has 0 spiro atoms. The van der Waals surface area contributed by atoms with Crippen LogP contribution in [0.2, 0.25) is 0 Å². The molecule has 1 aliphatic rings. The Bertz CT molecular complexity index is 848. The molecule has 0 atom stereocenters. The molecule has 0 aliphatic heterocycles. The average Bonchev–Trinajstić information content (AvgIpc) is 3.18. The number of hydrogen-bond donors (Lipinski definition) is 1. The van der Waals surface area contributed by atoms with Crippen LogP contribution in [0.25, 0.3) is 10.2 Å². The summed E-state index contributed by atoms with van der Waals surface area (Å²) in [4.78, 5) is 11.6. The van der Waals surface area contributed by atoms with Gasteiger partial charge in [-0.15, -0.1) is 11.3 Å². The van der Waals surface area contributed by atoms with Gasteiger partial charge < -0.3 is 5.32 Å². The smallest absolute Gasteiger partial charge is 0.138 e. The van der Waals surface area contributed by atoms with Crippen molar-refractivity contribution in [1.29, 1.82) is 0 Å². The van der Waals surface area contributed by atoms with Crippen molar-refractivity contribution >= 4 is 27.4 Å². The van der Waals surface area contributed by atoms with Crippen molar-refractivity contribution in [3.8, 4) is 0 Å². The summed E-state index contributed by atoms with van der Waals surface area (Å²) in [6, 6.07) is 2.12. The van der Waals surface area contributed by atoms with Gasteiger partial charge in [-0.3, -0.25) is 4.68 Å². The summed E-state index contributed by atoms with van der Waals surface area (Å²) in [6.45, 7) is 5.98. The van der Waals surface area contributed by atoms with Crippen LogP contribution in [0.1, 0.15) is 34.7 Å². The molecule has 23 heavy (non-hydrogen) atoms. The molecular weight excluding hydrogens is 306 g/mol. The fourth-order valence-electron chi connectivity index (χ4n) is 3.40. The second kappa shape index (κ2) is 5.92. The molecule has 4 rings (SSSR count). The van der Waals surface area contributed by atoms with Crippen molar-refractivity contribution in [3.05, 3.63) is 34.2 Å². The van der Waals surface area contributed by atoms with E-state index in [0.717, 1.165) is 35.9 Å². The van der Waals surface area contributed by atoms with Gasteiger partial charge in [0.05, 0.1) is 11.1 Å². The number of thiophene rings is 1. The van der Waals surface area contributed by atoms with Gasteiger partial charge in [0.15, 0.2) is 0 Å². The summed E-state index contributed by atoms with van der Waals surface area (Å²) in [7, 11) is 0. The Labute approximate surface area is 139 Å². The highest BCUT2D eigenvalue weighted by atomic mass is 32.1. The number of anilines is 1. The normalized spacial score (nSPS) is 13.7. The van der Waals surface area contributed by atoms with E-state index in [0.29, 0.717) is 0 Å². The fraction of sp³-hybridized carbons (Fsp3) is 0.471. The molecule has 0 unspecified atom stereocenters. The molecule has 1 N–H and O–H groups in total. The molecule has 6 heteroatoms. The maximum absolute atomic E-state index is 4.51. The minimum absolute atomic E-state index is 0.898. The molecule has 3 aromatic heterocycles. The van der Waals surface area contributed by atoms with E-state index < -0.39 is 0 Å². The van der Waals surface area contributed by atoms with Gasteiger partial charge in [-0.1, -0.05) is 0 Å². The minimum Gasteiger partial charge on any atom is -0.369 e. The maximum Gasteiger partial charge on any atom is 0.138 e. The zero-order valence-corrected chi connectivity index (χ0v) is 14.4. The first-order chi connectivity index (χ1) is 11.2. The second-order valence-electron chi connectivity index (χ2n) is 6.19. The number of nitrogens with zero attached hydrogens (tertiary/aromatic N) is 4.